The minimum atomic E-state index is 0.695. The quantitative estimate of drug-likeness (QED) is 0.666. The molecular formula is C13H25N3O. The number of hydrogen-bond acceptors (Lipinski definition) is 3. The van der Waals surface area contributed by atoms with Crippen molar-refractivity contribution in [2.24, 2.45) is 13.0 Å². The van der Waals surface area contributed by atoms with Gasteiger partial charge in [-0.2, -0.15) is 5.10 Å². The molecule has 1 aromatic heterocycles. The molecule has 0 bridgehead atoms. The van der Waals surface area contributed by atoms with Crippen molar-refractivity contribution < 1.29 is 4.74 Å². The van der Waals surface area contributed by atoms with E-state index >= 15 is 0 Å². The predicted molar refractivity (Wildman–Crippen MR) is 70.1 cm³/mol. The SMILES string of the molecule is CCCC(CNCCOC)Cc1cnn(C)c1. The van der Waals surface area contributed by atoms with Crippen LogP contribution in [0.2, 0.25) is 0 Å². The number of rotatable bonds is 9. The minimum Gasteiger partial charge on any atom is -0.383 e. The Morgan fingerprint density at radius 1 is 1.53 bits per heavy atom. The first kappa shape index (κ1) is 14.2. The standard InChI is InChI=1S/C13H25N3O/c1-4-5-12(9-14-6-7-17-3)8-13-10-15-16(2)11-13/h10-12,14H,4-9H2,1-3H3. The van der Waals surface area contributed by atoms with Gasteiger partial charge in [-0.15, -0.1) is 0 Å². The van der Waals surface area contributed by atoms with Gasteiger partial charge in [0.1, 0.15) is 0 Å². The third-order valence-corrected chi connectivity index (χ3v) is 2.90. The van der Waals surface area contributed by atoms with Crippen LogP contribution in [0.5, 0.6) is 0 Å². The highest BCUT2D eigenvalue weighted by Crippen LogP contribution is 2.12. The molecule has 1 heterocycles. The van der Waals surface area contributed by atoms with Gasteiger partial charge in [0.05, 0.1) is 12.8 Å². The maximum atomic E-state index is 5.03. The molecule has 0 aromatic carbocycles. The fraction of sp³-hybridized carbons (Fsp3) is 0.769. The van der Waals surface area contributed by atoms with Crippen LogP contribution in [0.25, 0.3) is 0 Å². The van der Waals surface area contributed by atoms with E-state index in [1.54, 1.807) is 7.11 Å². The summed E-state index contributed by atoms with van der Waals surface area (Å²) in [5.41, 5.74) is 1.33. The average molecular weight is 239 g/mol. The fourth-order valence-electron chi connectivity index (χ4n) is 2.08. The summed E-state index contributed by atoms with van der Waals surface area (Å²) in [6.45, 7) is 5.02. The molecule has 98 valence electrons. The molecule has 17 heavy (non-hydrogen) atoms. The van der Waals surface area contributed by atoms with Crippen LogP contribution in [0.1, 0.15) is 25.3 Å². The second kappa shape index (κ2) is 8.25. The van der Waals surface area contributed by atoms with E-state index in [1.807, 2.05) is 17.9 Å². The molecule has 1 unspecified atom stereocenters. The molecule has 0 aliphatic carbocycles. The van der Waals surface area contributed by atoms with E-state index in [9.17, 15) is 0 Å². The van der Waals surface area contributed by atoms with E-state index in [1.165, 1.54) is 18.4 Å². The van der Waals surface area contributed by atoms with Crippen LogP contribution in [0.3, 0.4) is 0 Å². The van der Waals surface area contributed by atoms with Crippen LogP contribution in [-0.4, -0.2) is 36.6 Å². The topological polar surface area (TPSA) is 39.1 Å². The van der Waals surface area contributed by atoms with Crippen LogP contribution in [-0.2, 0) is 18.2 Å². The Morgan fingerprint density at radius 2 is 2.35 bits per heavy atom. The van der Waals surface area contributed by atoms with E-state index in [4.69, 9.17) is 4.74 Å². The maximum absolute atomic E-state index is 5.03. The number of aryl methyl sites for hydroxylation is 1. The summed E-state index contributed by atoms with van der Waals surface area (Å²) in [6.07, 6.45) is 7.68. The van der Waals surface area contributed by atoms with Crippen molar-refractivity contribution in [1.82, 2.24) is 15.1 Å². The molecule has 0 saturated carbocycles. The number of ether oxygens (including phenoxy) is 1. The smallest absolute Gasteiger partial charge is 0.0587 e. The molecule has 0 aliphatic rings. The van der Waals surface area contributed by atoms with Crippen molar-refractivity contribution in [3.63, 3.8) is 0 Å². The van der Waals surface area contributed by atoms with Gasteiger partial charge in [-0.25, -0.2) is 0 Å². The Balaban J connectivity index is 2.32. The second-order valence-electron chi connectivity index (χ2n) is 4.58. The lowest BCUT2D eigenvalue weighted by atomic mass is 9.96. The summed E-state index contributed by atoms with van der Waals surface area (Å²) in [5, 5.41) is 7.66. The van der Waals surface area contributed by atoms with Gasteiger partial charge in [-0.1, -0.05) is 13.3 Å². The van der Waals surface area contributed by atoms with E-state index in [2.05, 4.69) is 23.5 Å². The van der Waals surface area contributed by atoms with Crippen LogP contribution < -0.4 is 5.32 Å². The highest BCUT2D eigenvalue weighted by Gasteiger charge is 2.09. The van der Waals surface area contributed by atoms with Gasteiger partial charge in [0.15, 0.2) is 0 Å². The molecule has 0 amide bonds. The van der Waals surface area contributed by atoms with E-state index in [0.717, 1.165) is 26.1 Å². The van der Waals surface area contributed by atoms with Crippen molar-refractivity contribution in [2.45, 2.75) is 26.2 Å². The second-order valence-corrected chi connectivity index (χ2v) is 4.58. The van der Waals surface area contributed by atoms with Gasteiger partial charge >= 0.3 is 0 Å². The van der Waals surface area contributed by atoms with Gasteiger partial charge in [0.2, 0.25) is 0 Å². The Kier molecular flexibility index (Phi) is 6.89. The summed E-state index contributed by atoms with van der Waals surface area (Å²) in [7, 11) is 3.70. The van der Waals surface area contributed by atoms with Gasteiger partial charge in [-0.3, -0.25) is 4.68 Å². The lowest BCUT2D eigenvalue weighted by Crippen LogP contribution is -2.27. The van der Waals surface area contributed by atoms with Crippen LogP contribution >= 0.6 is 0 Å². The molecule has 1 rings (SSSR count). The number of nitrogens with one attached hydrogen (secondary N) is 1. The summed E-state index contributed by atoms with van der Waals surface area (Å²) in [6, 6.07) is 0. The summed E-state index contributed by atoms with van der Waals surface area (Å²) >= 11 is 0. The first-order chi connectivity index (χ1) is 8.26. The van der Waals surface area contributed by atoms with Gasteiger partial charge < -0.3 is 10.1 Å². The average Bonchev–Trinajstić information content (AvgIpc) is 2.70. The number of methoxy groups -OCH3 is 1. The van der Waals surface area contributed by atoms with Gasteiger partial charge in [-0.05, 0) is 30.9 Å². The first-order valence-corrected chi connectivity index (χ1v) is 6.43. The van der Waals surface area contributed by atoms with Crippen LogP contribution in [0, 0.1) is 5.92 Å². The molecule has 4 nitrogen and oxygen atoms in total. The molecule has 0 fully saturated rings. The normalized spacial score (nSPS) is 12.9. The Labute approximate surface area is 104 Å². The Hall–Kier alpha value is -0.870. The number of hydrogen-bond donors (Lipinski definition) is 1. The highest BCUT2D eigenvalue weighted by molar-refractivity contribution is 5.04. The molecule has 1 N–H and O–H groups in total. The number of nitrogens with zero attached hydrogens (tertiary/aromatic N) is 2. The maximum Gasteiger partial charge on any atom is 0.0587 e. The third-order valence-electron chi connectivity index (χ3n) is 2.90. The summed E-state index contributed by atoms with van der Waals surface area (Å²) in [5.74, 6) is 0.695. The first-order valence-electron chi connectivity index (χ1n) is 6.43. The van der Waals surface area contributed by atoms with Gasteiger partial charge in [0.25, 0.3) is 0 Å². The number of aromatic nitrogens is 2. The molecule has 0 saturated heterocycles. The van der Waals surface area contributed by atoms with Gasteiger partial charge in [0, 0.05) is 26.9 Å². The third kappa shape index (κ3) is 5.84. The van der Waals surface area contributed by atoms with Crippen molar-refractivity contribution in [1.29, 1.82) is 0 Å². The minimum absolute atomic E-state index is 0.695. The van der Waals surface area contributed by atoms with Crippen molar-refractivity contribution >= 4 is 0 Å². The molecule has 0 aliphatic heterocycles. The molecule has 1 aromatic rings. The fourth-order valence-corrected chi connectivity index (χ4v) is 2.08. The molecule has 0 radical (unpaired) electrons. The van der Waals surface area contributed by atoms with E-state index < -0.39 is 0 Å². The van der Waals surface area contributed by atoms with Crippen molar-refractivity contribution in [2.75, 3.05) is 26.8 Å². The largest absolute Gasteiger partial charge is 0.383 e. The van der Waals surface area contributed by atoms with E-state index in [0.29, 0.717) is 5.92 Å². The Morgan fingerprint density at radius 3 is 2.94 bits per heavy atom. The molecule has 1 atom stereocenters. The monoisotopic (exact) mass is 239 g/mol. The zero-order valence-electron chi connectivity index (χ0n) is 11.3. The molecular weight excluding hydrogens is 214 g/mol. The molecule has 0 spiro atoms. The van der Waals surface area contributed by atoms with E-state index in [-0.39, 0.29) is 0 Å². The summed E-state index contributed by atoms with van der Waals surface area (Å²) < 4.78 is 6.90. The lowest BCUT2D eigenvalue weighted by molar-refractivity contribution is 0.197. The zero-order chi connectivity index (χ0) is 12.5. The lowest BCUT2D eigenvalue weighted by Gasteiger charge is -2.16. The van der Waals surface area contributed by atoms with Crippen LogP contribution in [0.4, 0.5) is 0 Å². The van der Waals surface area contributed by atoms with Crippen molar-refractivity contribution in [3.8, 4) is 0 Å². The zero-order valence-corrected chi connectivity index (χ0v) is 11.3. The highest BCUT2D eigenvalue weighted by atomic mass is 16.5. The predicted octanol–water partition coefficient (Wildman–Crippen LogP) is 1.61. The van der Waals surface area contributed by atoms with Crippen molar-refractivity contribution in [3.05, 3.63) is 18.0 Å². The Bertz CT molecular complexity index is 299. The summed E-state index contributed by atoms with van der Waals surface area (Å²) in [4.78, 5) is 0. The van der Waals surface area contributed by atoms with Crippen LogP contribution in [0.15, 0.2) is 12.4 Å². The molecule has 4 heteroatoms.